The summed E-state index contributed by atoms with van der Waals surface area (Å²) in [6.07, 6.45) is 6.29. The molecule has 3 aliphatic heterocycles. The topological polar surface area (TPSA) is 103 Å². The number of carbonyl (C=O) groups excluding carboxylic acids is 2. The quantitative estimate of drug-likeness (QED) is 0.483. The van der Waals surface area contributed by atoms with Gasteiger partial charge in [-0.2, -0.15) is 0 Å². The Bertz CT molecular complexity index is 863. The van der Waals surface area contributed by atoms with Crippen molar-refractivity contribution in [3.63, 3.8) is 0 Å². The molecule has 0 bridgehead atoms. The molecule has 1 aromatic carbocycles. The van der Waals surface area contributed by atoms with Crippen LogP contribution < -0.4 is 21.2 Å². The Labute approximate surface area is 210 Å². The van der Waals surface area contributed by atoms with Gasteiger partial charge in [0.25, 0.3) is 5.91 Å². The highest BCUT2D eigenvalue weighted by Crippen LogP contribution is 2.29. The summed E-state index contributed by atoms with van der Waals surface area (Å²) in [6.45, 7) is 6.60. The first-order valence-corrected chi connectivity index (χ1v) is 13.2. The highest BCUT2D eigenvalue weighted by molar-refractivity contribution is 9.10. The van der Waals surface area contributed by atoms with Gasteiger partial charge in [-0.3, -0.25) is 10.2 Å². The van der Waals surface area contributed by atoms with Crippen molar-refractivity contribution in [3.8, 4) is 5.75 Å². The maximum Gasteiger partial charge on any atom is 0.331 e. The van der Waals surface area contributed by atoms with Gasteiger partial charge in [-0.25, -0.2) is 9.80 Å². The van der Waals surface area contributed by atoms with Crippen LogP contribution in [-0.2, 0) is 0 Å². The molecule has 0 radical (unpaired) electrons. The Morgan fingerprint density at radius 1 is 1.06 bits per heavy atom. The van der Waals surface area contributed by atoms with E-state index in [0.29, 0.717) is 27.4 Å². The van der Waals surface area contributed by atoms with Crippen LogP contribution in [0.2, 0.25) is 0 Å². The molecule has 188 valence electrons. The molecule has 3 heterocycles. The van der Waals surface area contributed by atoms with E-state index >= 15 is 0 Å². The lowest BCUT2D eigenvalue weighted by molar-refractivity contribution is 0.0887. The minimum absolute atomic E-state index is 0.0571. The molecule has 0 saturated carbocycles. The van der Waals surface area contributed by atoms with E-state index in [9.17, 15) is 9.59 Å². The van der Waals surface area contributed by atoms with Gasteiger partial charge >= 0.3 is 6.03 Å². The Morgan fingerprint density at radius 2 is 1.74 bits per heavy atom. The van der Waals surface area contributed by atoms with Crippen molar-refractivity contribution in [1.82, 2.24) is 25.6 Å². The number of urea groups is 1. The lowest BCUT2D eigenvalue weighted by Gasteiger charge is -2.38. The summed E-state index contributed by atoms with van der Waals surface area (Å²) >= 11 is 3.39. The number of hydrogen-bond acceptors (Lipinski definition) is 6. The third-order valence-electron chi connectivity index (χ3n) is 7.26. The van der Waals surface area contributed by atoms with Crippen LogP contribution >= 0.6 is 15.9 Å². The third kappa shape index (κ3) is 6.34. The Kier molecular flexibility index (Phi) is 8.55. The van der Waals surface area contributed by atoms with E-state index < -0.39 is 0 Å². The Balaban J connectivity index is 1.17. The molecule has 34 heavy (non-hydrogen) atoms. The van der Waals surface area contributed by atoms with E-state index in [1.54, 1.807) is 19.2 Å². The van der Waals surface area contributed by atoms with E-state index in [2.05, 4.69) is 31.6 Å². The molecule has 1 aromatic rings. The second kappa shape index (κ2) is 11.6. The van der Waals surface area contributed by atoms with Gasteiger partial charge in [0.05, 0.1) is 12.7 Å². The molecule has 3 amide bonds. The van der Waals surface area contributed by atoms with Gasteiger partial charge in [0.2, 0.25) is 0 Å². The second-order valence-corrected chi connectivity index (χ2v) is 10.5. The summed E-state index contributed by atoms with van der Waals surface area (Å²) in [5, 5.41) is 5.21. The lowest BCUT2D eigenvalue weighted by atomic mass is 9.95. The van der Waals surface area contributed by atoms with E-state index in [-0.39, 0.29) is 18.0 Å². The number of benzene rings is 1. The molecule has 0 atom stereocenters. The first kappa shape index (κ1) is 25.1. The second-order valence-electron chi connectivity index (χ2n) is 9.66. The highest BCUT2D eigenvalue weighted by Gasteiger charge is 2.28. The minimum Gasteiger partial charge on any atom is -0.496 e. The van der Waals surface area contributed by atoms with Crippen LogP contribution in [0.25, 0.3) is 0 Å². The minimum atomic E-state index is -0.129. The summed E-state index contributed by atoms with van der Waals surface area (Å²) in [5.74, 6) is 0.977. The first-order chi connectivity index (χ1) is 16.4. The van der Waals surface area contributed by atoms with Crippen molar-refractivity contribution < 1.29 is 14.3 Å². The van der Waals surface area contributed by atoms with Crippen molar-refractivity contribution in [3.05, 3.63) is 22.2 Å². The van der Waals surface area contributed by atoms with Crippen LogP contribution in [0.5, 0.6) is 5.75 Å². The number of rotatable bonds is 6. The smallest absolute Gasteiger partial charge is 0.331 e. The molecular formula is C24H37BrN6O3. The standard InChI is InChI=1S/C24H37BrN6O3/c1-34-22-15-21(26)20(25)14-19(22)23(32)27-18-6-10-29(11-7-18)16-17-4-12-30(13-5-17)24(33)28-31-8-2-3-9-31/h14-15,17-18H,2-13,16,26H2,1H3,(H,27,32)(H,28,33). The van der Waals surface area contributed by atoms with Crippen LogP contribution in [0.4, 0.5) is 10.5 Å². The van der Waals surface area contributed by atoms with Gasteiger partial charge in [0.1, 0.15) is 5.75 Å². The molecule has 0 aliphatic carbocycles. The molecule has 0 unspecified atom stereocenters. The molecule has 3 fully saturated rings. The zero-order chi connectivity index (χ0) is 24.1. The maximum atomic E-state index is 12.8. The molecular weight excluding hydrogens is 500 g/mol. The van der Waals surface area contributed by atoms with Gasteiger partial charge in [-0.15, -0.1) is 0 Å². The number of nitrogens with one attached hydrogen (secondary N) is 2. The van der Waals surface area contributed by atoms with Gasteiger partial charge in [0.15, 0.2) is 0 Å². The third-order valence-corrected chi connectivity index (χ3v) is 7.95. The summed E-state index contributed by atoms with van der Waals surface area (Å²) in [6, 6.07) is 3.60. The number of hydrogen-bond donors (Lipinski definition) is 3. The first-order valence-electron chi connectivity index (χ1n) is 12.4. The number of likely N-dealkylation sites (tertiary alicyclic amines) is 2. The number of nitrogens with two attached hydrogens (primary N) is 1. The summed E-state index contributed by atoms with van der Waals surface area (Å²) in [4.78, 5) is 29.8. The van der Waals surface area contributed by atoms with Crippen molar-refractivity contribution in [2.24, 2.45) is 5.92 Å². The monoisotopic (exact) mass is 536 g/mol. The number of nitrogens with zero attached hydrogens (tertiary/aromatic N) is 3. The van der Waals surface area contributed by atoms with Crippen LogP contribution in [0.1, 0.15) is 48.9 Å². The molecule has 4 rings (SSSR count). The van der Waals surface area contributed by atoms with Crippen LogP contribution in [0.3, 0.4) is 0 Å². The number of hydrazine groups is 1. The normalized spacial score (nSPS) is 20.9. The molecule has 3 saturated heterocycles. The van der Waals surface area contributed by atoms with Crippen molar-refractivity contribution >= 4 is 33.6 Å². The van der Waals surface area contributed by atoms with Crippen molar-refractivity contribution in [2.45, 2.75) is 44.6 Å². The highest BCUT2D eigenvalue weighted by atomic mass is 79.9. The van der Waals surface area contributed by atoms with Gasteiger partial charge in [-0.1, -0.05) is 0 Å². The SMILES string of the molecule is COc1cc(N)c(Br)cc1C(=O)NC1CCN(CC2CCN(C(=O)NN3CCCC3)CC2)CC1. The zero-order valence-corrected chi connectivity index (χ0v) is 21.6. The number of piperidine rings is 2. The van der Waals surface area contributed by atoms with E-state index in [4.69, 9.17) is 10.5 Å². The molecule has 9 nitrogen and oxygen atoms in total. The number of methoxy groups -OCH3 is 1. The van der Waals surface area contributed by atoms with Crippen LogP contribution in [0, 0.1) is 5.92 Å². The van der Waals surface area contributed by atoms with Gasteiger partial charge in [0, 0.05) is 68.1 Å². The average Bonchev–Trinajstić information content (AvgIpc) is 3.35. The number of ether oxygens (including phenoxy) is 1. The average molecular weight is 538 g/mol. The molecule has 0 spiro atoms. The predicted molar refractivity (Wildman–Crippen MR) is 136 cm³/mol. The largest absolute Gasteiger partial charge is 0.496 e. The fraction of sp³-hybridized carbons (Fsp3) is 0.667. The van der Waals surface area contributed by atoms with E-state index in [1.165, 1.54) is 0 Å². The molecule has 3 aliphatic rings. The van der Waals surface area contributed by atoms with Gasteiger partial charge in [-0.05, 0) is 66.4 Å². The van der Waals surface area contributed by atoms with Crippen LogP contribution in [-0.4, -0.2) is 85.7 Å². The number of amides is 3. The van der Waals surface area contributed by atoms with E-state index in [0.717, 1.165) is 84.3 Å². The molecule has 4 N–H and O–H groups in total. The fourth-order valence-corrected chi connectivity index (χ4v) is 5.50. The molecule has 0 aromatic heterocycles. The number of carbonyl (C=O) groups is 2. The number of nitrogen functional groups attached to an aromatic ring is 1. The van der Waals surface area contributed by atoms with Crippen molar-refractivity contribution in [2.75, 3.05) is 58.7 Å². The number of halogens is 1. The Hall–Kier alpha value is -2.04. The summed E-state index contributed by atoms with van der Waals surface area (Å²) in [7, 11) is 1.54. The zero-order valence-electron chi connectivity index (χ0n) is 20.0. The summed E-state index contributed by atoms with van der Waals surface area (Å²) in [5.41, 5.74) is 9.99. The fourth-order valence-electron chi connectivity index (χ4n) is 5.16. The number of anilines is 1. The van der Waals surface area contributed by atoms with Gasteiger partial charge < -0.3 is 25.6 Å². The van der Waals surface area contributed by atoms with Crippen LogP contribution in [0.15, 0.2) is 16.6 Å². The maximum absolute atomic E-state index is 12.8. The Morgan fingerprint density at radius 3 is 2.38 bits per heavy atom. The van der Waals surface area contributed by atoms with E-state index in [1.807, 2.05) is 9.91 Å². The van der Waals surface area contributed by atoms with Crippen molar-refractivity contribution in [1.29, 1.82) is 0 Å². The lowest BCUT2D eigenvalue weighted by Crippen LogP contribution is -2.51. The molecule has 10 heteroatoms. The summed E-state index contributed by atoms with van der Waals surface area (Å²) < 4.78 is 6.04. The predicted octanol–water partition coefficient (Wildman–Crippen LogP) is 2.67.